The van der Waals surface area contributed by atoms with Gasteiger partial charge in [0.05, 0.1) is 16.5 Å². The number of hydrogen-bond acceptors (Lipinski definition) is 4. The minimum absolute atomic E-state index is 0.172. The van der Waals surface area contributed by atoms with E-state index in [0.717, 1.165) is 10.4 Å². The van der Waals surface area contributed by atoms with E-state index in [-0.39, 0.29) is 15.9 Å². The fourth-order valence-corrected chi connectivity index (χ4v) is 4.08. The Hall–Kier alpha value is -0.990. The first-order valence-electron chi connectivity index (χ1n) is 5.92. The Balaban J connectivity index is 2.38. The van der Waals surface area contributed by atoms with Crippen molar-refractivity contribution in [1.82, 2.24) is 4.31 Å². The minimum atomic E-state index is -3.91. The summed E-state index contributed by atoms with van der Waals surface area (Å²) in [7, 11) is -2.70. The molecule has 0 N–H and O–H groups in total. The molecule has 5 nitrogen and oxygen atoms in total. The highest BCUT2D eigenvalue weighted by molar-refractivity contribution is 9.10. The topological polar surface area (TPSA) is 63.7 Å². The van der Waals surface area contributed by atoms with Crippen LogP contribution < -0.4 is 0 Å². The fourth-order valence-electron chi connectivity index (χ4n) is 2.17. The summed E-state index contributed by atoms with van der Waals surface area (Å²) in [6, 6.07) is 2.73. The van der Waals surface area contributed by atoms with E-state index in [1.165, 1.54) is 19.2 Å². The van der Waals surface area contributed by atoms with Crippen molar-refractivity contribution in [2.75, 3.05) is 13.7 Å². The summed E-state index contributed by atoms with van der Waals surface area (Å²) in [6.45, 7) is 0.222. The molecule has 110 valence electrons. The van der Waals surface area contributed by atoms with Crippen LogP contribution in [-0.2, 0) is 19.6 Å². The van der Waals surface area contributed by atoms with Gasteiger partial charge in [0.15, 0.2) is 0 Å². The van der Waals surface area contributed by atoms with Crippen LogP contribution in [0.2, 0.25) is 0 Å². The second-order valence-corrected chi connectivity index (χ2v) is 7.12. The number of nitrogens with zero attached hydrogens (tertiary/aromatic N) is 1. The maximum absolute atomic E-state index is 13.5. The first-order chi connectivity index (χ1) is 9.37. The molecule has 0 radical (unpaired) electrons. The summed E-state index contributed by atoms with van der Waals surface area (Å²) in [5.41, 5.74) is 0. The second-order valence-electron chi connectivity index (χ2n) is 4.37. The zero-order valence-corrected chi connectivity index (χ0v) is 13.1. The molecule has 0 aromatic heterocycles. The molecule has 2 rings (SSSR count). The van der Waals surface area contributed by atoms with Gasteiger partial charge in [-0.3, -0.25) is 4.79 Å². The number of methoxy groups -OCH3 is 1. The van der Waals surface area contributed by atoms with Crippen LogP contribution in [0.1, 0.15) is 12.8 Å². The maximum atomic E-state index is 13.5. The summed E-state index contributed by atoms with van der Waals surface area (Å²) in [6.07, 6.45) is 0.975. The molecule has 8 heteroatoms. The van der Waals surface area contributed by atoms with Crippen molar-refractivity contribution in [2.24, 2.45) is 0 Å². The van der Waals surface area contributed by atoms with Crippen molar-refractivity contribution < 1.29 is 22.3 Å². The SMILES string of the molecule is COC(=O)C1CCCN1S(=O)(=O)c1ccc(Br)c(F)c1. The predicted molar refractivity (Wildman–Crippen MR) is 73.0 cm³/mol. The third-order valence-corrected chi connectivity index (χ3v) is 5.72. The Morgan fingerprint density at radius 3 is 2.80 bits per heavy atom. The Labute approximate surface area is 124 Å². The zero-order chi connectivity index (χ0) is 14.9. The third kappa shape index (κ3) is 2.72. The molecule has 1 fully saturated rings. The summed E-state index contributed by atoms with van der Waals surface area (Å²) in [5.74, 6) is -1.26. The Morgan fingerprint density at radius 2 is 2.20 bits per heavy atom. The van der Waals surface area contributed by atoms with Crippen molar-refractivity contribution in [2.45, 2.75) is 23.8 Å². The van der Waals surface area contributed by atoms with Crippen molar-refractivity contribution in [3.05, 3.63) is 28.5 Å². The van der Waals surface area contributed by atoms with E-state index < -0.39 is 27.9 Å². The van der Waals surface area contributed by atoms with Gasteiger partial charge < -0.3 is 4.74 Å². The summed E-state index contributed by atoms with van der Waals surface area (Å²) >= 11 is 2.97. The second kappa shape index (κ2) is 5.79. The smallest absolute Gasteiger partial charge is 0.324 e. The number of carbonyl (C=O) groups is 1. The van der Waals surface area contributed by atoms with Crippen LogP contribution in [0.3, 0.4) is 0 Å². The highest BCUT2D eigenvalue weighted by Crippen LogP contribution is 2.28. The molecule has 20 heavy (non-hydrogen) atoms. The summed E-state index contributed by atoms with van der Waals surface area (Å²) in [5, 5.41) is 0. The normalized spacial score (nSPS) is 20.1. The van der Waals surface area contributed by atoms with Crippen LogP contribution in [-0.4, -0.2) is 38.4 Å². The lowest BCUT2D eigenvalue weighted by Crippen LogP contribution is -2.41. The number of ether oxygens (including phenoxy) is 1. The number of halogens is 2. The van der Waals surface area contributed by atoms with E-state index in [0.29, 0.717) is 12.8 Å². The highest BCUT2D eigenvalue weighted by atomic mass is 79.9. The Kier molecular flexibility index (Phi) is 4.46. The molecule has 1 aliphatic rings. The van der Waals surface area contributed by atoms with Crippen LogP contribution in [0.4, 0.5) is 4.39 Å². The van der Waals surface area contributed by atoms with Crippen molar-refractivity contribution in [3.63, 3.8) is 0 Å². The van der Waals surface area contributed by atoms with Crippen LogP contribution >= 0.6 is 15.9 Å². The van der Waals surface area contributed by atoms with Gasteiger partial charge in [0.1, 0.15) is 11.9 Å². The van der Waals surface area contributed by atoms with Gasteiger partial charge in [0.25, 0.3) is 0 Å². The molecule has 0 saturated carbocycles. The van der Waals surface area contributed by atoms with Crippen LogP contribution in [0.25, 0.3) is 0 Å². The molecule has 0 aliphatic carbocycles. The number of benzene rings is 1. The largest absolute Gasteiger partial charge is 0.468 e. The average Bonchev–Trinajstić information content (AvgIpc) is 2.90. The van der Waals surface area contributed by atoms with Gasteiger partial charge in [-0.15, -0.1) is 0 Å². The maximum Gasteiger partial charge on any atom is 0.324 e. The lowest BCUT2D eigenvalue weighted by atomic mass is 10.2. The molecule has 1 aromatic rings. The van der Waals surface area contributed by atoms with Gasteiger partial charge in [-0.05, 0) is 47.0 Å². The third-order valence-electron chi connectivity index (χ3n) is 3.17. The lowest BCUT2D eigenvalue weighted by Gasteiger charge is -2.22. The van der Waals surface area contributed by atoms with Crippen LogP contribution in [0.15, 0.2) is 27.6 Å². The number of carbonyl (C=O) groups excluding carboxylic acids is 1. The zero-order valence-electron chi connectivity index (χ0n) is 10.7. The van der Waals surface area contributed by atoms with Gasteiger partial charge in [-0.25, -0.2) is 12.8 Å². The molecule has 1 atom stereocenters. The van der Waals surface area contributed by atoms with E-state index in [4.69, 9.17) is 0 Å². The number of hydrogen-bond donors (Lipinski definition) is 0. The van der Waals surface area contributed by atoms with Gasteiger partial charge >= 0.3 is 5.97 Å². The van der Waals surface area contributed by atoms with E-state index in [9.17, 15) is 17.6 Å². The highest BCUT2D eigenvalue weighted by Gasteiger charge is 2.40. The standard InChI is InChI=1S/C12H13BrFNO4S/c1-19-12(16)11-3-2-6-15(11)20(17,18)8-4-5-9(13)10(14)7-8/h4-5,7,11H,2-3,6H2,1H3. The monoisotopic (exact) mass is 365 g/mol. The minimum Gasteiger partial charge on any atom is -0.468 e. The van der Waals surface area contributed by atoms with Gasteiger partial charge in [0, 0.05) is 6.54 Å². The first-order valence-corrected chi connectivity index (χ1v) is 8.16. The molecule has 1 unspecified atom stereocenters. The van der Waals surface area contributed by atoms with Crippen LogP contribution in [0, 0.1) is 5.82 Å². The molecular weight excluding hydrogens is 353 g/mol. The van der Waals surface area contributed by atoms with E-state index in [1.54, 1.807) is 0 Å². The molecule has 0 bridgehead atoms. The lowest BCUT2D eigenvalue weighted by molar-refractivity contribution is -0.144. The average molecular weight is 366 g/mol. The number of esters is 1. The van der Waals surface area contributed by atoms with Crippen molar-refractivity contribution in [3.8, 4) is 0 Å². The Bertz CT molecular complexity index is 634. The summed E-state index contributed by atoms with van der Waals surface area (Å²) in [4.78, 5) is 11.4. The first kappa shape index (κ1) is 15.4. The van der Waals surface area contributed by atoms with Crippen molar-refractivity contribution >= 4 is 31.9 Å². The van der Waals surface area contributed by atoms with Crippen LogP contribution in [0.5, 0.6) is 0 Å². The van der Waals surface area contributed by atoms with E-state index in [1.807, 2.05) is 0 Å². The molecule has 0 amide bonds. The number of rotatable bonds is 3. The fraction of sp³-hybridized carbons (Fsp3) is 0.417. The molecule has 1 aliphatic heterocycles. The molecule has 1 heterocycles. The van der Waals surface area contributed by atoms with Gasteiger partial charge in [-0.2, -0.15) is 4.31 Å². The quantitative estimate of drug-likeness (QED) is 0.767. The Morgan fingerprint density at radius 1 is 1.50 bits per heavy atom. The van der Waals surface area contributed by atoms with E-state index in [2.05, 4.69) is 20.7 Å². The molecular formula is C12H13BrFNO4S. The molecule has 0 spiro atoms. The predicted octanol–water partition coefficient (Wildman–Crippen LogP) is 1.91. The summed E-state index contributed by atoms with van der Waals surface area (Å²) < 4.78 is 44.3. The molecule has 1 saturated heterocycles. The van der Waals surface area contributed by atoms with Crippen molar-refractivity contribution in [1.29, 1.82) is 0 Å². The number of sulfonamides is 1. The van der Waals surface area contributed by atoms with Gasteiger partial charge in [-0.1, -0.05) is 0 Å². The van der Waals surface area contributed by atoms with Gasteiger partial charge in [0.2, 0.25) is 10.0 Å². The molecule has 1 aromatic carbocycles. The van der Waals surface area contributed by atoms with E-state index >= 15 is 0 Å².